The van der Waals surface area contributed by atoms with E-state index in [4.69, 9.17) is 0 Å². The van der Waals surface area contributed by atoms with E-state index in [0.717, 1.165) is 19.1 Å². The molecule has 0 fully saturated rings. The van der Waals surface area contributed by atoms with Gasteiger partial charge < -0.3 is 9.50 Å². The average molecular weight is 571 g/mol. The molecule has 0 radical (unpaired) electrons. The van der Waals surface area contributed by atoms with E-state index in [9.17, 15) is 43.9 Å². The average Bonchev–Trinajstić information content (AvgIpc) is 2.45. The topological polar surface area (TPSA) is 81.7 Å². The highest BCUT2D eigenvalue weighted by atomic mass is 79.9. The van der Waals surface area contributed by atoms with Gasteiger partial charge in [-0.25, -0.2) is 0 Å². The summed E-state index contributed by atoms with van der Waals surface area (Å²) in [6, 6.07) is 3.40. The van der Waals surface area contributed by atoms with Crippen molar-refractivity contribution in [2.45, 2.75) is 27.9 Å². The minimum atomic E-state index is -6.57. The van der Waals surface area contributed by atoms with Gasteiger partial charge in [-0.05, 0) is 56.1 Å². The number of rotatable bonds is 8. The number of halogens is 9. The highest BCUT2D eigenvalue weighted by Gasteiger charge is 2.73. The Morgan fingerprint density at radius 1 is 1.00 bits per heavy atom. The summed E-state index contributed by atoms with van der Waals surface area (Å²) in [7, 11) is -6.57. The van der Waals surface area contributed by atoms with Crippen LogP contribution < -0.4 is 9.50 Å². The zero-order valence-electron chi connectivity index (χ0n) is 13.2. The summed E-state index contributed by atoms with van der Waals surface area (Å²) in [5, 5.41) is -4.06. The van der Waals surface area contributed by atoms with Crippen LogP contribution in [-0.4, -0.2) is 35.3 Å². The number of amides is 1. The van der Waals surface area contributed by atoms with Crippen molar-refractivity contribution in [1.82, 2.24) is 0 Å². The molecule has 16 heteroatoms. The van der Waals surface area contributed by atoms with Gasteiger partial charge in [0.25, 0.3) is 0 Å². The molecule has 0 aliphatic rings. The summed E-state index contributed by atoms with van der Waals surface area (Å²) in [4.78, 5) is 5.89. The van der Waals surface area contributed by atoms with Gasteiger partial charge in [-0.1, -0.05) is 0 Å². The molecule has 160 valence electrons. The summed E-state index contributed by atoms with van der Waals surface area (Å²) in [5.41, 5.74) is 0.0822. The lowest BCUT2D eigenvalue weighted by Crippen LogP contribution is -2.55. The van der Waals surface area contributed by atoms with Gasteiger partial charge in [0.2, 0.25) is 5.91 Å². The van der Waals surface area contributed by atoms with Gasteiger partial charge >= 0.3 is 31.1 Å². The SMILES string of the molecule is CC(=O)Nc1ccc(OS(=O)(=O)C(F)(F)C(F)(F)OC(F)(Br)C(F)(F)Br)cc1. The highest BCUT2D eigenvalue weighted by Crippen LogP contribution is 2.51. The molecule has 1 amide bonds. The van der Waals surface area contributed by atoms with E-state index in [1.807, 2.05) is 0 Å². The maximum atomic E-state index is 13.7. The zero-order valence-corrected chi connectivity index (χ0v) is 17.1. The first kappa shape index (κ1) is 24.9. The van der Waals surface area contributed by atoms with Gasteiger partial charge in [0, 0.05) is 12.6 Å². The van der Waals surface area contributed by atoms with Crippen molar-refractivity contribution in [3.8, 4) is 5.75 Å². The first-order valence-corrected chi connectivity index (χ1v) is 9.54. The van der Waals surface area contributed by atoms with E-state index in [1.165, 1.54) is 31.9 Å². The van der Waals surface area contributed by atoms with Gasteiger partial charge in [0.1, 0.15) is 5.75 Å². The van der Waals surface area contributed by atoms with E-state index >= 15 is 0 Å². The molecule has 0 heterocycles. The number of anilines is 1. The molecule has 1 aromatic carbocycles. The summed E-state index contributed by atoms with van der Waals surface area (Å²) >= 11 is 2.60. The predicted octanol–water partition coefficient (Wildman–Crippen LogP) is 4.56. The zero-order chi connectivity index (χ0) is 22.2. The summed E-state index contributed by atoms with van der Waals surface area (Å²) < 4.78 is 118. The van der Waals surface area contributed by atoms with Crippen LogP contribution in [0.3, 0.4) is 0 Å². The molecular weight excluding hydrogens is 563 g/mol. The Labute approximate surface area is 169 Å². The monoisotopic (exact) mass is 569 g/mol. The van der Waals surface area contributed by atoms with Crippen LogP contribution >= 0.6 is 31.9 Å². The number of hydrogen-bond acceptors (Lipinski definition) is 5. The molecular formula is C12H8Br2F7NO5S. The third-order valence-corrected chi connectivity index (χ3v) is 5.60. The van der Waals surface area contributed by atoms with Crippen molar-refractivity contribution in [2.24, 2.45) is 0 Å². The van der Waals surface area contributed by atoms with Gasteiger partial charge in [-0.15, -0.1) is 0 Å². The Morgan fingerprint density at radius 3 is 1.86 bits per heavy atom. The molecule has 0 spiro atoms. The summed E-state index contributed by atoms with van der Waals surface area (Å²) in [6.45, 7) is 1.13. The molecule has 0 saturated carbocycles. The van der Waals surface area contributed by atoms with Crippen molar-refractivity contribution < 1.29 is 52.9 Å². The lowest BCUT2D eigenvalue weighted by molar-refractivity contribution is -0.375. The van der Waals surface area contributed by atoms with Crippen LogP contribution in [0.5, 0.6) is 5.75 Å². The maximum absolute atomic E-state index is 13.7. The molecule has 28 heavy (non-hydrogen) atoms. The molecule has 0 aromatic heterocycles. The molecule has 1 rings (SSSR count). The number of nitrogens with one attached hydrogen (secondary N) is 1. The number of benzene rings is 1. The van der Waals surface area contributed by atoms with Crippen LogP contribution in [0.4, 0.5) is 36.4 Å². The Bertz CT molecular complexity index is 828. The largest absolute Gasteiger partial charge is 0.471 e. The Morgan fingerprint density at radius 2 is 1.46 bits per heavy atom. The highest BCUT2D eigenvalue weighted by molar-refractivity contribution is 9.12. The predicted molar refractivity (Wildman–Crippen MR) is 87.9 cm³/mol. The molecule has 1 unspecified atom stereocenters. The van der Waals surface area contributed by atoms with Crippen molar-refractivity contribution in [1.29, 1.82) is 0 Å². The van der Waals surface area contributed by atoms with Crippen LogP contribution in [0.15, 0.2) is 24.3 Å². The second-order valence-electron chi connectivity index (χ2n) is 4.89. The maximum Gasteiger partial charge on any atom is 0.471 e. The van der Waals surface area contributed by atoms with Crippen LogP contribution in [0, 0.1) is 0 Å². The van der Waals surface area contributed by atoms with Crippen molar-refractivity contribution in [3.05, 3.63) is 24.3 Å². The molecule has 0 aliphatic carbocycles. The lowest BCUT2D eigenvalue weighted by atomic mass is 10.3. The third-order valence-electron chi connectivity index (χ3n) is 2.62. The summed E-state index contributed by atoms with van der Waals surface area (Å²) in [6.07, 6.45) is -6.29. The Balaban J connectivity index is 3.11. The fourth-order valence-electron chi connectivity index (χ4n) is 1.40. The lowest BCUT2D eigenvalue weighted by Gasteiger charge is -2.31. The first-order chi connectivity index (χ1) is 12.3. The Hall–Kier alpha value is -1.13. The minimum absolute atomic E-state index is 0.0822. The van der Waals surface area contributed by atoms with Crippen LogP contribution in [-0.2, 0) is 19.6 Å². The quantitative estimate of drug-likeness (QED) is 0.281. The third kappa shape index (κ3) is 5.48. The smallest absolute Gasteiger partial charge is 0.378 e. The second-order valence-corrected chi connectivity index (χ2v) is 8.50. The van der Waals surface area contributed by atoms with Crippen LogP contribution in [0.1, 0.15) is 6.92 Å². The fraction of sp³-hybridized carbons (Fsp3) is 0.417. The van der Waals surface area contributed by atoms with Crippen molar-refractivity contribution in [3.63, 3.8) is 0 Å². The number of carbonyl (C=O) groups excluding carboxylic acids is 1. The van der Waals surface area contributed by atoms with Crippen LogP contribution in [0.2, 0.25) is 0 Å². The fourth-order valence-corrected chi connectivity index (χ4v) is 2.49. The van der Waals surface area contributed by atoms with E-state index in [2.05, 4.69) is 14.2 Å². The van der Waals surface area contributed by atoms with Gasteiger partial charge in [0.05, 0.1) is 0 Å². The first-order valence-electron chi connectivity index (χ1n) is 6.54. The number of hydrogen-bond donors (Lipinski definition) is 1. The van der Waals surface area contributed by atoms with Gasteiger partial charge in [-0.3, -0.25) is 9.53 Å². The molecule has 6 nitrogen and oxygen atoms in total. The van der Waals surface area contributed by atoms with E-state index in [-0.39, 0.29) is 5.69 Å². The number of carbonyl (C=O) groups is 1. The van der Waals surface area contributed by atoms with Gasteiger partial charge in [-0.2, -0.15) is 39.2 Å². The van der Waals surface area contributed by atoms with Crippen molar-refractivity contribution >= 4 is 53.6 Å². The number of ether oxygens (including phenoxy) is 1. The molecule has 1 atom stereocenters. The van der Waals surface area contributed by atoms with Crippen molar-refractivity contribution in [2.75, 3.05) is 5.32 Å². The standard InChI is InChI=1S/C12H8Br2F7NO5S/c1-6(23)22-7-2-4-8(5-3-7)26-28(24,25)12(20,21)11(18,19)27-10(14,17)9(13,15)16/h2-5H,1H3,(H,22,23). The molecule has 0 aliphatic heterocycles. The van der Waals surface area contributed by atoms with Gasteiger partial charge in [0.15, 0.2) is 0 Å². The van der Waals surface area contributed by atoms with Crippen LogP contribution in [0.25, 0.3) is 0 Å². The second kappa shape index (κ2) is 7.95. The molecule has 0 bridgehead atoms. The normalized spacial score (nSPS) is 15.6. The molecule has 1 aromatic rings. The Kier molecular flexibility index (Phi) is 7.07. The molecule has 0 saturated heterocycles. The minimum Gasteiger partial charge on any atom is -0.378 e. The van der Waals surface area contributed by atoms with E-state index in [0.29, 0.717) is 12.1 Å². The van der Waals surface area contributed by atoms with E-state index in [1.54, 1.807) is 0 Å². The molecule has 1 N–H and O–H groups in total. The number of alkyl halides is 9. The van der Waals surface area contributed by atoms with E-state index < -0.39 is 42.7 Å². The summed E-state index contributed by atoms with van der Waals surface area (Å²) in [5.74, 6) is -1.43.